The lowest BCUT2D eigenvalue weighted by atomic mass is 10.2. The van der Waals surface area contributed by atoms with E-state index in [4.69, 9.17) is 15.6 Å². The molecule has 7 nitrogen and oxygen atoms in total. The second kappa shape index (κ2) is 5.07. The van der Waals surface area contributed by atoms with Crippen LogP contribution in [-0.2, 0) is 4.79 Å². The van der Waals surface area contributed by atoms with Crippen LogP contribution in [0.1, 0.15) is 11.7 Å². The number of aromatic nitrogens is 3. The number of nitrogens with zero attached hydrogens (tertiary/aromatic N) is 3. The number of nitrogens with two attached hydrogens (primary N) is 1. The van der Waals surface area contributed by atoms with Crippen molar-refractivity contribution in [2.45, 2.75) is 6.04 Å². The van der Waals surface area contributed by atoms with Gasteiger partial charge in [-0.3, -0.25) is 4.79 Å². The normalized spacial score (nSPS) is 12.1. The third-order valence-corrected chi connectivity index (χ3v) is 3.06. The molecule has 0 aliphatic heterocycles. The lowest BCUT2D eigenvalue weighted by Gasteiger charge is -2.00. The summed E-state index contributed by atoms with van der Waals surface area (Å²) in [6, 6.07) is 2.22. The molecule has 0 amide bonds. The summed E-state index contributed by atoms with van der Waals surface area (Å²) < 4.78 is 4.89. The number of aliphatic carboxylic acids is 1. The van der Waals surface area contributed by atoms with Crippen LogP contribution in [0.3, 0.4) is 0 Å². The number of carboxylic acids is 1. The molecule has 2 aromatic rings. The Kier molecular flexibility index (Phi) is 3.49. The van der Waals surface area contributed by atoms with Crippen molar-refractivity contribution in [2.75, 3.05) is 7.11 Å². The number of hydrogen-bond donors (Lipinski definition) is 2. The largest absolute Gasteiger partial charge is 0.480 e. The third kappa shape index (κ3) is 2.44. The van der Waals surface area contributed by atoms with Crippen LogP contribution in [0.15, 0.2) is 17.5 Å². The first-order valence-corrected chi connectivity index (χ1v) is 5.81. The highest BCUT2D eigenvalue weighted by Crippen LogP contribution is 2.24. The molecule has 0 bridgehead atoms. The zero-order chi connectivity index (χ0) is 13.1. The molecule has 0 aliphatic carbocycles. The zero-order valence-electron chi connectivity index (χ0n) is 9.40. The van der Waals surface area contributed by atoms with E-state index in [1.807, 2.05) is 0 Å². The van der Waals surface area contributed by atoms with Gasteiger partial charge >= 0.3 is 5.97 Å². The van der Waals surface area contributed by atoms with Crippen molar-refractivity contribution >= 4 is 17.3 Å². The topological polar surface area (TPSA) is 111 Å². The van der Waals surface area contributed by atoms with E-state index in [0.29, 0.717) is 22.3 Å². The van der Waals surface area contributed by atoms with E-state index >= 15 is 0 Å². The Morgan fingerprint density at radius 3 is 2.83 bits per heavy atom. The SMILES string of the molecule is COc1ccc(-c2nc(C(N)C(=O)O)cs2)nn1. The van der Waals surface area contributed by atoms with Crippen LogP contribution >= 0.6 is 11.3 Å². The van der Waals surface area contributed by atoms with E-state index in [2.05, 4.69) is 15.2 Å². The first-order valence-electron chi connectivity index (χ1n) is 4.93. The van der Waals surface area contributed by atoms with Gasteiger partial charge in [-0.15, -0.1) is 21.5 Å². The van der Waals surface area contributed by atoms with Crippen LogP contribution in [0.5, 0.6) is 5.88 Å². The average molecular weight is 266 g/mol. The summed E-state index contributed by atoms with van der Waals surface area (Å²) in [6.07, 6.45) is 0. The fourth-order valence-electron chi connectivity index (χ4n) is 1.22. The van der Waals surface area contributed by atoms with Gasteiger partial charge in [0.15, 0.2) is 0 Å². The minimum absolute atomic E-state index is 0.306. The second-order valence-electron chi connectivity index (χ2n) is 3.35. The van der Waals surface area contributed by atoms with Crippen molar-refractivity contribution in [3.05, 3.63) is 23.2 Å². The number of ether oxygens (including phenoxy) is 1. The number of thiazole rings is 1. The predicted octanol–water partition coefficient (Wildman–Crippen LogP) is 0.693. The minimum Gasteiger partial charge on any atom is -0.480 e. The molecule has 0 radical (unpaired) electrons. The first kappa shape index (κ1) is 12.4. The fourth-order valence-corrected chi connectivity index (χ4v) is 2.04. The van der Waals surface area contributed by atoms with Crippen LogP contribution in [0, 0.1) is 0 Å². The van der Waals surface area contributed by atoms with Crippen molar-refractivity contribution < 1.29 is 14.6 Å². The molecule has 1 atom stereocenters. The molecule has 8 heteroatoms. The van der Waals surface area contributed by atoms with Crippen molar-refractivity contribution in [3.8, 4) is 16.6 Å². The maximum atomic E-state index is 10.7. The lowest BCUT2D eigenvalue weighted by Crippen LogP contribution is -2.20. The Labute approximate surface area is 106 Å². The summed E-state index contributed by atoms with van der Waals surface area (Å²) in [5.41, 5.74) is 6.32. The summed E-state index contributed by atoms with van der Waals surface area (Å²) in [5.74, 6) is -0.717. The summed E-state index contributed by atoms with van der Waals surface area (Å²) in [6.45, 7) is 0. The first-order chi connectivity index (χ1) is 8.61. The number of carboxylic acid groups (broad SMARTS) is 1. The molecule has 0 fully saturated rings. The van der Waals surface area contributed by atoms with E-state index in [1.165, 1.54) is 18.4 Å². The third-order valence-electron chi connectivity index (χ3n) is 2.17. The zero-order valence-corrected chi connectivity index (χ0v) is 10.2. The second-order valence-corrected chi connectivity index (χ2v) is 4.21. The Morgan fingerprint density at radius 2 is 2.28 bits per heavy atom. The van der Waals surface area contributed by atoms with Gasteiger partial charge in [-0.2, -0.15) is 0 Å². The number of methoxy groups -OCH3 is 1. The molecule has 2 heterocycles. The Hall–Kier alpha value is -2.06. The van der Waals surface area contributed by atoms with Crippen LogP contribution in [0.2, 0.25) is 0 Å². The number of hydrogen-bond acceptors (Lipinski definition) is 7. The highest BCUT2D eigenvalue weighted by atomic mass is 32.1. The predicted molar refractivity (Wildman–Crippen MR) is 64.3 cm³/mol. The molecule has 0 aliphatic rings. The summed E-state index contributed by atoms with van der Waals surface area (Å²) >= 11 is 1.26. The Bertz CT molecular complexity index is 555. The maximum absolute atomic E-state index is 10.7. The highest BCUT2D eigenvalue weighted by Gasteiger charge is 2.18. The van der Waals surface area contributed by atoms with Gasteiger partial charge in [0.25, 0.3) is 0 Å². The standard InChI is InChI=1S/C10H10N4O3S/c1-17-7-3-2-5(13-14-7)9-12-6(4-18-9)8(11)10(15)16/h2-4,8H,11H2,1H3,(H,15,16). The van der Waals surface area contributed by atoms with Gasteiger partial charge in [-0.05, 0) is 6.07 Å². The van der Waals surface area contributed by atoms with Gasteiger partial charge in [0.2, 0.25) is 5.88 Å². The van der Waals surface area contributed by atoms with Crippen molar-refractivity contribution in [1.29, 1.82) is 0 Å². The van der Waals surface area contributed by atoms with E-state index < -0.39 is 12.0 Å². The van der Waals surface area contributed by atoms with Crippen LogP contribution in [0.4, 0.5) is 0 Å². The summed E-state index contributed by atoms with van der Waals surface area (Å²) in [4.78, 5) is 14.9. The van der Waals surface area contributed by atoms with Crippen molar-refractivity contribution in [1.82, 2.24) is 15.2 Å². The van der Waals surface area contributed by atoms with Crippen LogP contribution < -0.4 is 10.5 Å². The Morgan fingerprint density at radius 1 is 1.50 bits per heavy atom. The lowest BCUT2D eigenvalue weighted by molar-refractivity contribution is -0.138. The van der Waals surface area contributed by atoms with Gasteiger partial charge in [0, 0.05) is 11.4 Å². The van der Waals surface area contributed by atoms with E-state index in [-0.39, 0.29) is 0 Å². The molecule has 1 unspecified atom stereocenters. The molecule has 2 rings (SSSR count). The average Bonchev–Trinajstić information content (AvgIpc) is 2.87. The molecule has 0 spiro atoms. The molecule has 18 heavy (non-hydrogen) atoms. The number of carbonyl (C=O) groups is 1. The summed E-state index contributed by atoms with van der Waals surface area (Å²) in [7, 11) is 1.50. The van der Waals surface area contributed by atoms with Crippen molar-refractivity contribution in [3.63, 3.8) is 0 Å². The van der Waals surface area contributed by atoms with Crippen molar-refractivity contribution in [2.24, 2.45) is 5.73 Å². The molecule has 0 saturated heterocycles. The van der Waals surface area contributed by atoms with Gasteiger partial charge in [0.1, 0.15) is 16.7 Å². The smallest absolute Gasteiger partial charge is 0.326 e. The number of rotatable bonds is 4. The molecule has 2 aromatic heterocycles. The maximum Gasteiger partial charge on any atom is 0.326 e. The highest BCUT2D eigenvalue weighted by molar-refractivity contribution is 7.13. The van der Waals surface area contributed by atoms with E-state index in [0.717, 1.165) is 0 Å². The fraction of sp³-hybridized carbons (Fsp3) is 0.200. The van der Waals surface area contributed by atoms with E-state index in [1.54, 1.807) is 17.5 Å². The van der Waals surface area contributed by atoms with Gasteiger partial charge in [0.05, 0.1) is 12.8 Å². The quantitative estimate of drug-likeness (QED) is 0.837. The molecule has 3 N–H and O–H groups in total. The van der Waals surface area contributed by atoms with Crippen LogP contribution in [0.25, 0.3) is 10.7 Å². The monoisotopic (exact) mass is 266 g/mol. The molecule has 0 aromatic carbocycles. The molecule has 94 valence electrons. The Balaban J connectivity index is 2.26. The summed E-state index contributed by atoms with van der Waals surface area (Å²) in [5, 5.41) is 18.7. The van der Waals surface area contributed by atoms with Gasteiger partial charge < -0.3 is 15.6 Å². The van der Waals surface area contributed by atoms with E-state index in [9.17, 15) is 4.79 Å². The van der Waals surface area contributed by atoms with Gasteiger partial charge in [-0.1, -0.05) is 0 Å². The van der Waals surface area contributed by atoms with Gasteiger partial charge in [-0.25, -0.2) is 4.98 Å². The minimum atomic E-state index is -1.12. The molecular formula is C10H10N4O3S. The molecule has 0 saturated carbocycles. The molecular weight excluding hydrogens is 256 g/mol. The van der Waals surface area contributed by atoms with Crippen LogP contribution in [-0.4, -0.2) is 33.4 Å².